The van der Waals surface area contributed by atoms with E-state index in [1.54, 1.807) is 17.0 Å². The molecule has 1 aromatic heterocycles. The zero-order chi connectivity index (χ0) is 25.7. The van der Waals surface area contributed by atoms with Crippen molar-refractivity contribution in [3.05, 3.63) is 52.4 Å². The molecule has 1 saturated heterocycles. The first-order valence-corrected chi connectivity index (χ1v) is 13.1. The highest BCUT2D eigenvalue weighted by Gasteiger charge is 2.34. The van der Waals surface area contributed by atoms with Crippen LogP contribution in [0.5, 0.6) is 0 Å². The Morgan fingerprint density at radius 2 is 1.83 bits per heavy atom. The summed E-state index contributed by atoms with van der Waals surface area (Å²) >= 11 is 0. The zero-order valence-corrected chi connectivity index (χ0v) is 21.2. The predicted octanol–water partition coefficient (Wildman–Crippen LogP) is 3.17. The highest BCUT2D eigenvalue weighted by molar-refractivity contribution is 5.89. The Balaban J connectivity index is 1.29. The van der Waals surface area contributed by atoms with Crippen molar-refractivity contribution >= 4 is 29.8 Å². The molecule has 7 nitrogen and oxygen atoms in total. The van der Waals surface area contributed by atoms with Gasteiger partial charge in [0, 0.05) is 36.4 Å². The molecule has 194 valence electrons. The van der Waals surface area contributed by atoms with Gasteiger partial charge in [-0.2, -0.15) is 0 Å². The fourth-order valence-electron chi connectivity index (χ4n) is 5.85. The number of hydrogen-bond donors (Lipinski definition) is 4. The van der Waals surface area contributed by atoms with Crippen LogP contribution in [-0.2, 0) is 4.79 Å². The number of aromatic amines is 1. The number of hydrogen-bond acceptors (Lipinski definition) is 3. The molecule has 2 aliphatic rings. The SMILES string of the molecule is CC=c1[nH]cc(C2CCC(NC(C(N)=O)C3CCN(C(=O)Nc4cccc(F)c4)CC3)CC2)c1=CC. The molecule has 1 aromatic carbocycles. The second-order valence-corrected chi connectivity index (χ2v) is 10.0. The first-order chi connectivity index (χ1) is 17.4. The minimum Gasteiger partial charge on any atom is -0.368 e. The van der Waals surface area contributed by atoms with Crippen LogP contribution in [0.25, 0.3) is 12.2 Å². The van der Waals surface area contributed by atoms with Crippen molar-refractivity contribution in [3.8, 4) is 0 Å². The molecular formula is C28H38FN5O2. The van der Waals surface area contributed by atoms with Crippen LogP contribution >= 0.6 is 0 Å². The normalized spacial score (nSPS) is 23.0. The maximum atomic E-state index is 13.4. The van der Waals surface area contributed by atoms with Crippen LogP contribution in [0.2, 0.25) is 0 Å². The largest absolute Gasteiger partial charge is 0.368 e. The van der Waals surface area contributed by atoms with Crippen molar-refractivity contribution in [2.45, 2.75) is 70.4 Å². The van der Waals surface area contributed by atoms with Gasteiger partial charge in [0.05, 0.1) is 6.04 Å². The number of urea groups is 1. The van der Waals surface area contributed by atoms with Gasteiger partial charge in [0.25, 0.3) is 0 Å². The van der Waals surface area contributed by atoms with Crippen LogP contribution in [0.15, 0.2) is 30.5 Å². The summed E-state index contributed by atoms with van der Waals surface area (Å²) in [5.74, 6) is -0.105. The molecule has 8 heteroatoms. The Bertz CT molecular complexity index is 1180. The van der Waals surface area contributed by atoms with Crippen LogP contribution < -0.4 is 26.9 Å². The molecule has 2 heterocycles. The van der Waals surface area contributed by atoms with Crippen molar-refractivity contribution in [1.82, 2.24) is 15.2 Å². The standard InChI is InChI=1S/C28H38FN5O2/c1-3-23-24(17-31-25(23)4-2)18-8-10-21(11-9-18)32-26(27(30)35)19-12-14-34(15-13-19)28(36)33-22-7-5-6-20(29)16-22/h3-7,16-19,21,26,31-32H,8-15H2,1-2H3,(H2,30,35)(H,33,36). The molecule has 2 aromatic rings. The van der Waals surface area contributed by atoms with E-state index in [0.29, 0.717) is 37.5 Å². The summed E-state index contributed by atoms with van der Waals surface area (Å²) in [7, 11) is 0. The molecule has 1 saturated carbocycles. The number of benzene rings is 1. The van der Waals surface area contributed by atoms with E-state index in [9.17, 15) is 14.0 Å². The van der Waals surface area contributed by atoms with E-state index in [0.717, 1.165) is 25.7 Å². The monoisotopic (exact) mass is 495 g/mol. The third kappa shape index (κ3) is 5.98. The number of halogens is 1. The topological polar surface area (TPSA) is 103 Å². The number of rotatable bonds is 6. The lowest BCUT2D eigenvalue weighted by Gasteiger charge is -2.38. The quantitative estimate of drug-likeness (QED) is 0.495. The molecule has 5 N–H and O–H groups in total. The molecule has 1 atom stereocenters. The average Bonchev–Trinajstić information content (AvgIpc) is 3.31. The number of H-pyrrole nitrogens is 1. The molecule has 2 fully saturated rings. The van der Waals surface area contributed by atoms with Gasteiger partial charge in [0.15, 0.2) is 0 Å². The summed E-state index contributed by atoms with van der Waals surface area (Å²) in [6.45, 7) is 5.20. The van der Waals surface area contributed by atoms with Crippen molar-refractivity contribution < 1.29 is 14.0 Å². The average molecular weight is 496 g/mol. The van der Waals surface area contributed by atoms with E-state index in [1.165, 1.54) is 28.3 Å². The fourth-order valence-corrected chi connectivity index (χ4v) is 5.85. The minimum atomic E-state index is -0.395. The number of aromatic nitrogens is 1. The second-order valence-electron chi connectivity index (χ2n) is 10.0. The number of nitrogens with two attached hydrogens (primary N) is 1. The van der Waals surface area contributed by atoms with Crippen LogP contribution in [0.3, 0.4) is 0 Å². The first-order valence-electron chi connectivity index (χ1n) is 13.1. The highest BCUT2D eigenvalue weighted by Crippen LogP contribution is 2.32. The molecule has 1 aliphatic carbocycles. The molecule has 0 bridgehead atoms. The summed E-state index contributed by atoms with van der Waals surface area (Å²) < 4.78 is 13.4. The summed E-state index contributed by atoms with van der Waals surface area (Å²) in [5, 5.41) is 8.81. The molecule has 1 aliphatic heterocycles. The van der Waals surface area contributed by atoms with E-state index < -0.39 is 11.9 Å². The number of carbonyl (C=O) groups is 2. The Labute approximate surface area is 212 Å². The maximum Gasteiger partial charge on any atom is 0.321 e. The van der Waals surface area contributed by atoms with E-state index in [4.69, 9.17) is 5.73 Å². The van der Waals surface area contributed by atoms with Crippen LogP contribution in [0, 0.1) is 11.7 Å². The molecule has 1 unspecified atom stereocenters. The lowest BCUT2D eigenvalue weighted by Crippen LogP contribution is -2.54. The smallest absolute Gasteiger partial charge is 0.321 e. The Morgan fingerprint density at radius 1 is 1.11 bits per heavy atom. The number of piperidine rings is 1. The predicted molar refractivity (Wildman–Crippen MR) is 141 cm³/mol. The summed E-state index contributed by atoms with van der Waals surface area (Å²) in [5.41, 5.74) is 7.65. The zero-order valence-electron chi connectivity index (χ0n) is 21.2. The second kappa shape index (κ2) is 11.7. The fraction of sp³-hybridized carbons (Fsp3) is 0.500. The Morgan fingerprint density at radius 3 is 2.44 bits per heavy atom. The third-order valence-corrected chi connectivity index (χ3v) is 7.82. The number of nitrogens with one attached hydrogen (secondary N) is 3. The summed E-state index contributed by atoms with van der Waals surface area (Å²) in [6, 6.07) is 5.48. The van der Waals surface area contributed by atoms with Crippen LogP contribution in [-0.4, -0.2) is 47.0 Å². The minimum absolute atomic E-state index is 0.0899. The van der Waals surface area contributed by atoms with Gasteiger partial charge < -0.3 is 26.3 Å². The van der Waals surface area contributed by atoms with E-state index in [1.807, 2.05) is 0 Å². The molecular weight excluding hydrogens is 457 g/mol. The van der Waals surface area contributed by atoms with Crippen molar-refractivity contribution in [2.24, 2.45) is 11.7 Å². The van der Waals surface area contributed by atoms with Gasteiger partial charge in [-0.1, -0.05) is 18.2 Å². The van der Waals surface area contributed by atoms with Crippen molar-refractivity contribution in [1.29, 1.82) is 0 Å². The molecule has 0 spiro atoms. The lowest BCUT2D eigenvalue weighted by molar-refractivity contribution is -0.122. The summed E-state index contributed by atoms with van der Waals surface area (Å²) in [6.07, 6.45) is 12.0. The number of nitrogens with zero attached hydrogens (tertiary/aromatic N) is 1. The molecule has 3 amide bonds. The number of carbonyl (C=O) groups excluding carboxylic acids is 2. The van der Waals surface area contributed by atoms with Gasteiger partial charge in [0.2, 0.25) is 5.91 Å². The van der Waals surface area contributed by atoms with Crippen molar-refractivity contribution in [2.75, 3.05) is 18.4 Å². The summed E-state index contributed by atoms with van der Waals surface area (Å²) in [4.78, 5) is 30.1. The number of anilines is 1. The molecule has 0 radical (unpaired) electrons. The van der Waals surface area contributed by atoms with Gasteiger partial charge >= 0.3 is 6.03 Å². The Kier molecular flexibility index (Phi) is 8.46. The van der Waals surface area contributed by atoms with Gasteiger partial charge in [0.1, 0.15) is 5.82 Å². The maximum absolute atomic E-state index is 13.4. The van der Waals surface area contributed by atoms with Gasteiger partial charge in [-0.15, -0.1) is 0 Å². The van der Waals surface area contributed by atoms with Crippen LogP contribution in [0.4, 0.5) is 14.9 Å². The van der Waals surface area contributed by atoms with Gasteiger partial charge in [-0.3, -0.25) is 4.79 Å². The van der Waals surface area contributed by atoms with E-state index in [2.05, 4.69) is 47.8 Å². The molecule has 36 heavy (non-hydrogen) atoms. The first kappa shape index (κ1) is 25.9. The molecule has 4 rings (SSSR count). The Hall–Kier alpha value is -3.13. The lowest BCUT2D eigenvalue weighted by atomic mass is 9.81. The number of primary amides is 1. The number of likely N-dealkylation sites (tertiary alicyclic amines) is 1. The van der Waals surface area contributed by atoms with Crippen LogP contribution in [0.1, 0.15) is 63.9 Å². The highest BCUT2D eigenvalue weighted by atomic mass is 19.1. The van der Waals surface area contributed by atoms with E-state index >= 15 is 0 Å². The van der Waals surface area contributed by atoms with Crippen molar-refractivity contribution in [3.63, 3.8) is 0 Å². The van der Waals surface area contributed by atoms with Gasteiger partial charge in [-0.05, 0) is 93.2 Å². The van der Waals surface area contributed by atoms with E-state index in [-0.39, 0.29) is 23.9 Å². The number of amides is 3. The van der Waals surface area contributed by atoms with Gasteiger partial charge in [-0.25, -0.2) is 9.18 Å². The third-order valence-electron chi connectivity index (χ3n) is 7.82.